The summed E-state index contributed by atoms with van der Waals surface area (Å²) >= 11 is 1.23. The molecule has 36 heavy (non-hydrogen) atoms. The predicted molar refractivity (Wildman–Crippen MR) is 142 cm³/mol. The molecule has 0 amide bonds. The zero-order chi connectivity index (χ0) is 25.0. The Bertz CT molecular complexity index is 1940. The molecule has 0 saturated carbocycles. The molecule has 8 heteroatoms. The Morgan fingerprint density at radius 3 is 2.42 bits per heavy atom. The molecule has 0 aliphatic rings. The quantitative estimate of drug-likeness (QED) is 0.361. The number of pyridine rings is 1. The summed E-state index contributed by atoms with van der Waals surface area (Å²) in [5.74, 6) is 0.698. The van der Waals surface area contributed by atoms with E-state index in [1.54, 1.807) is 28.8 Å². The van der Waals surface area contributed by atoms with Crippen LogP contribution in [0.1, 0.15) is 31.9 Å². The number of nitrogens with zero attached hydrogens (tertiary/aromatic N) is 4. The first kappa shape index (κ1) is 22.2. The molecule has 0 N–H and O–H groups in total. The molecule has 0 fully saturated rings. The van der Waals surface area contributed by atoms with Gasteiger partial charge < -0.3 is 4.74 Å². The largest absolute Gasteiger partial charge is 0.438 e. The van der Waals surface area contributed by atoms with Crippen LogP contribution in [0.5, 0.6) is 11.6 Å². The van der Waals surface area contributed by atoms with Gasteiger partial charge in [-0.3, -0.25) is 14.0 Å². The van der Waals surface area contributed by atoms with E-state index in [-0.39, 0.29) is 28.0 Å². The van der Waals surface area contributed by atoms with Gasteiger partial charge in [-0.1, -0.05) is 62.4 Å². The Balaban J connectivity index is 1.54. The van der Waals surface area contributed by atoms with E-state index in [2.05, 4.69) is 30.7 Å². The second-order valence-corrected chi connectivity index (χ2v) is 10.6. The molecule has 7 nitrogen and oxygen atoms in total. The first-order chi connectivity index (χ1) is 17.3. The van der Waals surface area contributed by atoms with Crippen molar-refractivity contribution in [3.63, 3.8) is 0 Å². The van der Waals surface area contributed by atoms with Gasteiger partial charge in [0.2, 0.25) is 5.88 Å². The predicted octanol–water partition coefficient (Wildman–Crippen LogP) is 4.55. The van der Waals surface area contributed by atoms with Crippen LogP contribution in [0, 0.1) is 0 Å². The van der Waals surface area contributed by atoms with Gasteiger partial charge in [0.1, 0.15) is 17.0 Å². The van der Waals surface area contributed by atoms with Crippen molar-refractivity contribution >= 4 is 39.1 Å². The number of hydrogen-bond donors (Lipinski definition) is 0. The molecule has 6 aromatic rings. The molecule has 6 rings (SSSR count). The van der Waals surface area contributed by atoms with Crippen molar-refractivity contribution in [2.45, 2.75) is 26.2 Å². The molecule has 0 saturated heterocycles. The van der Waals surface area contributed by atoms with E-state index >= 15 is 0 Å². The van der Waals surface area contributed by atoms with Crippen LogP contribution in [-0.2, 0) is 5.41 Å². The van der Waals surface area contributed by atoms with Crippen LogP contribution >= 0.6 is 11.3 Å². The monoisotopic (exact) mass is 494 g/mol. The maximum atomic E-state index is 13.5. The molecule has 4 aromatic heterocycles. The Labute approximate surface area is 209 Å². The van der Waals surface area contributed by atoms with E-state index in [0.29, 0.717) is 20.9 Å². The lowest BCUT2D eigenvalue weighted by molar-refractivity contribution is 0.460. The SMILES string of the molecule is CC(C)(C)c1ccc(Oc2nc3ccccn3c(=O)c2/C=c2\sc3nc4ccccc4n3c2=O)cc1. The fourth-order valence-electron chi connectivity index (χ4n) is 4.16. The molecule has 178 valence electrons. The Kier molecular flexibility index (Phi) is 5.01. The summed E-state index contributed by atoms with van der Waals surface area (Å²) in [6.45, 7) is 6.43. The zero-order valence-corrected chi connectivity index (χ0v) is 20.7. The number of ether oxygens (including phenoxy) is 1. The summed E-state index contributed by atoms with van der Waals surface area (Å²) in [7, 11) is 0. The Hall–Kier alpha value is -4.30. The van der Waals surface area contributed by atoms with E-state index in [1.807, 2.05) is 54.6 Å². The van der Waals surface area contributed by atoms with Crippen LogP contribution in [0.2, 0.25) is 0 Å². The van der Waals surface area contributed by atoms with E-state index in [1.165, 1.54) is 21.3 Å². The number of hydrogen-bond acceptors (Lipinski definition) is 6. The average molecular weight is 495 g/mol. The maximum absolute atomic E-state index is 13.5. The van der Waals surface area contributed by atoms with Crippen molar-refractivity contribution in [1.29, 1.82) is 0 Å². The Morgan fingerprint density at radius 2 is 1.64 bits per heavy atom. The highest BCUT2D eigenvalue weighted by molar-refractivity contribution is 7.15. The molecule has 4 heterocycles. The normalized spacial score (nSPS) is 12.7. The third-order valence-corrected chi connectivity index (χ3v) is 7.06. The molecule has 0 aliphatic heterocycles. The van der Waals surface area contributed by atoms with Crippen molar-refractivity contribution in [1.82, 2.24) is 18.8 Å². The number of benzene rings is 2. The molecule has 0 radical (unpaired) electrons. The molecule has 0 atom stereocenters. The minimum Gasteiger partial charge on any atom is -0.438 e. The van der Waals surface area contributed by atoms with Crippen LogP contribution < -0.4 is 20.4 Å². The molecule has 2 aromatic carbocycles. The molecule has 0 bridgehead atoms. The van der Waals surface area contributed by atoms with Crippen molar-refractivity contribution in [2.24, 2.45) is 0 Å². The highest BCUT2D eigenvalue weighted by Crippen LogP contribution is 2.27. The molecule has 0 unspecified atom stereocenters. The topological polar surface area (TPSA) is 78.0 Å². The van der Waals surface area contributed by atoms with Gasteiger partial charge in [0, 0.05) is 6.20 Å². The fraction of sp³-hybridized carbons (Fsp3) is 0.143. The van der Waals surface area contributed by atoms with E-state index < -0.39 is 0 Å². The minimum atomic E-state index is -0.322. The van der Waals surface area contributed by atoms with Crippen LogP contribution in [0.15, 0.2) is 82.5 Å². The van der Waals surface area contributed by atoms with Gasteiger partial charge in [0.25, 0.3) is 11.1 Å². The van der Waals surface area contributed by atoms with Crippen molar-refractivity contribution < 1.29 is 4.74 Å². The van der Waals surface area contributed by atoms with Crippen molar-refractivity contribution in [2.75, 3.05) is 0 Å². The molecular weight excluding hydrogens is 472 g/mol. The van der Waals surface area contributed by atoms with E-state index in [4.69, 9.17) is 4.74 Å². The van der Waals surface area contributed by atoms with E-state index in [9.17, 15) is 9.59 Å². The first-order valence-corrected chi connectivity index (χ1v) is 12.3. The summed E-state index contributed by atoms with van der Waals surface area (Å²) in [6, 6.07) is 20.5. The highest BCUT2D eigenvalue weighted by Gasteiger charge is 2.17. The standard InChI is InChI=1S/C28H22N4O3S/c1-28(2,3)17-11-13-18(14-12-17)35-24-19(25(33)31-15-7-6-10-23(31)30-24)16-22-26(34)32-21-9-5-4-8-20(21)29-27(32)36-22/h4-16H,1-3H3/b22-16-. The number of rotatable bonds is 3. The van der Waals surface area contributed by atoms with Crippen molar-refractivity contribution in [3.8, 4) is 11.6 Å². The van der Waals surface area contributed by atoms with Crippen molar-refractivity contribution in [3.05, 3.63) is 109 Å². The third-order valence-electron chi connectivity index (χ3n) is 6.09. The van der Waals surface area contributed by atoms with Gasteiger partial charge in [-0.2, -0.15) is 4.98 Å². The van der Waals surface area contributed by atoms with Gasteiger partial charge in [0.15, 0.2) is 4.96 Å². The lowest BCUT2D eigenvalue weighted by Gasteiger charge is -2.19. The second kappa shape index (κ2) is 8.13. The highest BCUT2D eigenvalue weighted by atomic mass is 32.1. The fourth-order valence-corrected chi connectivity index (χ4v) is 5.13. The number of para-hydroxylation sites is 2. The van der Waals surface area contributed by atoms with E-state index in [0.717, 1.165) is 11.0 Å². The third kappa shape index (κ3) is 3.67. The Morgan fingerprint density at radius 1 is 0.889 bits per heavy atom. The van der Waals surface area contributed by atoms with Crippen LogP contribution in [0.4, 0.5) is 0 Å². The van der Waals surface area contributed by atoms with Gasteiger partial charge >= 0.3 is 0 Å². The summed E-state index contributed by atoms with van der Waals surface area (Å²) in [5, 5.41) is 0. The molecule has 0 spiro atoms. The van der Waals surface area contributed by atoms with Gasteiger partial charge in [-0.25, -0.2) is 9.38 Å². The molecule has 0 aliphatic carbocycles. The number of aromatic nitrogens is 4. The summed E-state index contributed by atoms with van der Waals surface area (Å²) < 4.78 is 9.53. The first-order valence-electron chi connectivity index (χ1n) is 11.5. The van der Waals surface area contributed by atoms with Gasteiger partial charge in [-0.05, 0) is 53.5 Å². The average Bonchev–Trinajstić information content (AvgIpc) is 3.37. The number of thiazole rings is 1. The maximum Gasteiger partial charge on any atom is 0.274 e. The van der Waals surface area contributed by atoms with Gasteiger partial charge in [-0.15, -0.1) is 0 Å². The summed E-state index contributed by atoms with van der Waals surface area (Å²) in [4.78, 5) is 36.6. The van der Waals surface area contributed by atoms with Crippen LogP contribution in [0.25, 0.3) is 27.7 Å². The van der Waals surface area contributed by atoms with Gasteiger partial charge in [0.05, 0.1) is 15.6 Å². The minimum absolute atomic E-state index is 0.00291. The molecular formula is C28H22N4O3S. The lowest BCUT2D eigenvalue weighted by Crippen LogP contribution is -2.25. The smallest absolute Gasteiger partial charge is 0.274 e. The van der Waals surface area contributed by atoms with Crippen LogP contribution in [0.3, 0.4) is 0 Å². The number of imidazole rings is 1. The van der Waals surface area contributed by atoms with Crippen LogP contribution in [-0.4, -0.2) is 18.8 Å². The lowest BCUT2D eigenvalue weighted by atomic mass is 9.87. The number of fused-ring (bicyclic) bond motifs is 4. The second-order valence-electron chi connectivity index (χ2n) is 9.58. The summed E-state index contributed by atoms with van der Waals surface area (Å²) in [5.41, 5.74) is 2.75. The zero-order valence-electron chi connectivity index (χ0n) is 19.9. The summed E-state index contributed by atoms with van der Waals surface area (Å²) in [6.07, 6.45) is 3.21.